The molecule has 2 heterocycles. The molecule has 8 nitrogen and oxygen atoms in total. The van der Waals surface area contributed by atoms with Gasteiger partial charge in [-0.05, 0) is 11.1 Å². The number of nitriles is 2. The van der Waals surface area contributed by atoms with E-state index in [1.165, 1.54) is 24.5 Å². The lowest BCUT2D eigenvalue weighted by Gasteiger charge is -2.05. The van der Waals surface area contributed by atoms with Crippen LogP contribution in [0.4, 0.5) is 0 Å². The molecular formula is C28H20Cl2N4O4. The third-order valence-electron chi connectivity index (χ3n) is 5.71. The Bertz CT molecular complexity index is 1440. The standard InChI is InChI=1S/C28H18N4O4.2ClH/c29-13-23-9-11-31(17-25(23)27(33)34)15-19-1-5-21(6-2-19)22-7-3-20(4-8-22)16-32-12-10-24(14-30)26(18-32)28(35)36;;/h1-12,17-18H,15-16H2;2*1H. The lowest BCUT2D eigenvalue weighted by atomic mass is 10.0. The SMILES string of the molecule is N#Cc1cc[n+](Cc2ccc(-c3ccc(C[n+]4ccc(C#N)c(C(=O)O)c4)cc3)cc2)cc1C(=O)O.[Cl-].[Cl-]. The second-order valence-electron chi connectivity index (χ2n) is 8.12. The van der Waals surface area contributed by atoms with Gasteiger partial charge in [0.1, 0.15) is 23.3 Å². The van der Waals surface area contributed by atoms with Gasteiger partial charge in [0.05, 0.1) is 11.1 Å². The van der Waals surface area contributed by atoms with Crippen LogP contribution >= 0.6 is 0 Å². The molecule has 0 atom stereocenters. The number of carboxylic acid groups (broad SMARTS) is 2. The maximum atomic E-state index is 11.4. The first-order valence-electron chi connectivity index (χ1n) is 10.9. The Morgan fingerprint density at radius 2 is 0.974 bits per heavy atom. The van der Waals surface area contributed by atoms with Gasteiger partial charge >= 0.3 is 11.9 Å². The topological polar surface area (TPSA) is 130 Å². The molecule has 10 heteroatoms. The van der Waals surface area contributed by atoms with Crippen LogP contribution < -0.4 is 33.9 Å². The normalized spacial score (nSPS) is 9.74. The smallest absolute Gasteiger partial charge is 0.343 e. The Morgan fingerprint density at radius 1 is 0.632 bits per heavy atom. The average Bonchev–Trinajstić information content (AvgIpc) is 2.89. The zero-order valence-corrected chi connectivity index (χ0v) is 21.3. The summed E-state index contributed by atoms with van der Waals surface area (Å²) in [6.07, 6.45) is 6.28. The second kappa shape index (κ2) is 13.0. The molecule has 190 valence electrons. The zero-order chi connectivity index (χ0) is 25.7. The number of aromatic carboxylic acids is 2. The maximum Gasteiger partial charge on any atom is 0.343 e. The van der Waals surface area contributed by atoms with E-state index in [1.807, 2.05) is 60.7 Å². The van der Waals surface area contributed by atoms with Crippen molar-refractivity contribution in [3.05, 3.63) is 119 Å². The largest absolute Gasteiger partial charge is 1.00 e. The molecule has 0 aliphatic rings. The molecule has 0 radical (unpaired) electrons. The molecule has 2 aromatic carbocycles. The van der Waals surface area contributed by atoms with E-state index in [0.29, 0.717) is 13.1 Å². The molecule has 2 N–H and O–H groups in total. The summed E-state index contributed by atoms with van der Waals surface area (Å²) < 4.78 is 3.45. The van der Waals surface area contributed by atoms with Crippen molar-refractivity contribution >= 4 is 11.9 Å². The molecule has 0 amide bonds. The summed E-state index contributed by atoms with van der Waals surface area (Å²) in [5, 5.41) is 36.8. The third kappa shape index (κ3) is 6.71. The monoisotopic (exact) mass is 546 g/mol. The molecule has 0 aliphatic heterocycles. The van der Waals surface area contributed by atoms with Gasteiger partial charge in [0.25, 0.3) is 0 Å². The minimum atomic E-state index is -1.14. The molecule has 0 saturated carbocycles. The lowest BCUT2D eigenvalue weighted by molar-refractivity contribution is -0.688. The van der Waals surface area contributed by atoms with E-state index < -0.39 is 11.9 Å². The third-order valence-corrected chi connectivity index (χ3v) is 5.71. The zero-order valence-electron chi connectivity index (χ0n) is 19.8. The molecule has 0 spiro atoms. The molecule has 0 fully saturated rings. The quantitative estimate of drug-likeness (QED) is 0.240. The number of hydrogen-bond acceptors (Lipinski definition) is 4. The fourth-order valence-corrected chi connectivity index (χ4v) is 3.84. The first-order chi connectivity index (χ1) is 17.4. The molecule has 4 aromatic rings. The molecular weight excluding hydrogens is 527 g/mol. The van der Waals surface area contributed by atoms with E-state index in [0.717, 1.165) is 22.3 Å². The van der Waals surface area contributed by atoms with Crippen molar-refractivity contribution in [2.75, 3.05) is 0 Å². The van der Waals surface area contributed by atoms with Gasteiger partial charge in [0.2, 0.25) is 0 Å². The molecule has 2 aromatic heterocycles. The van der Waals surface area contributed by atoms with Crippen LogP contribution in [0.2, 0.25) is 0 Å². The molecule has 0 bridgehead atoms. The first kappa shape index (κ1) is 29.5. The highest BCUT2D eigenvalue weighted by molar-refractivity contribution is 5.90. The summed E-state index contributed by atoms with van der Waals surface area (Å²) in [6, 6.07) is 22.6. The van der Waals surface area contributed by atoms with Crippen molar-refractivity contribution < 1.29 is 53.8 Å². The number of pyridine rings is 2. The van der Waals surface area contributed by atoms with Crippen LogP contribution in [0.25, 0.3) is 11.1 Å². The lowest BCUT2D eigenvalue weighted by Crippen LogP contribution is -3.00. The highest BCUT2D eigenvalue weighted by Crippen LogP contribution is 2.20. The van der Waals surface area contributed by atoms with E-state index in [1.54, 1.807) is 21.5 Å². The van der Waals surface area contributed by atoms with Crippen molar-refractivity contribution in [2.45, 2.75) is 13.1 Å². The Morgan fingerprint density at radius 3 is 1.26 bits per heavy atom. The Hall–Kier alpha value is -4.76. The van der Waals surface area contributed by atoms with E-state index >= 15 is 0 Å². The van der Waals surface area contributed by atoms with Gasteiger partial charge in [-0.1, -0.05) is 48.5 Å². The van der Waals surface area contributed by atoms with E-state index in [-0.39, 0.29) is 47.1 Å². The number of hydrogen-bond donors (Lipinski definition) is 2. The van der Waals surface area contributed by atoms with Crippen LogP contribution in [0.15, 0.2) is 85.5 Å². The number of carbonyl (C=O) groups is 2. The van der Waals surface area contributed by atoms with Gasteiger partial charge in [-0.2, -0.15) is 19.7 Å². The molecule has 38 heavy (non-hydrogen) atoms. The Balaban J connectivity index is 0.00000253. The second-order valence-corrected chi connectivity index (χ2v) is 8.12. The van der Waals surface area contributed by atoms with Crippen molar-refractivity contribution in [3.8, 4) is 23.3 Å². The number of halogens is 2. The number of rotatable bonds is 7. The van der Waals surface area contributed by atoms with Crippen molar-refractivity contribution in [1.29, 1.82) is 10.5 Å². The van der Waals surface area contributed by atoms with E-state index in [4.69, 9.17) is 10.5 Å². The minimum Gasteiger partial charge on any atom is -1.00 e. The number of carboxylic acids is 2. The molecule has 0 unspecified atom stereocenters. The highest BCUT2D eigenvalue weighted by Gasteiger charge is 2.17. The van der Waals surface area contributed by atoms with Gasteiger partial charge in [-0.25, -0.2) is 9.59 Å². The fraction of sp³-hybridized carbons (Fsp3) is 0.0714. The van der Waals surface area contributed by atoms with Crippen LogP contribution in [0.3, 0.4) is 0 Å². The summed E-state index contributed by atoms with van der Waals surface area (Å²) in [7, 11) is 0. The molecule has 0 aliphatic carbocycles. The Labute approximate surface area is 231 Å². The summed E-state index contributed by atoms with van der Waals surface area (Å²) in [4.78, 5) is 22.8. The highest BCUT2D eigenvalue weighted by atomic mass is 35.5. The predicted molar refractivity (Wildman–Crippen MR) is 127 cm³/mol. The Kier molecular flexibility index (Phi) is 10.1. The minimum absolute atomic E-state index is 0. The van der Waals surface area contributed by atoms with E-state index in [2.05, 4.69) is 0 Å². The van der Waals surface area contributed by atoms with Gasteiger partial charge < -0.3 is 35.0 Å². The van der Waals surface area contributed by atoms with Crippen LogP contribution in [0.5, 0.6) is 0 Å². The van der Waals surface area contributed by atoms with Crippen LogP contribution in [0, 0.1) is 22.7 Å². The summed E-state index contributed by atoms with van der Waals surface area (Å²) in [6.45, 7) is 0.927. The van der Waals surface area contributed by atoms with Crippen molar-refractivity contribution in [3.63, 3.8) is 0 Å². The van der Waals surface area contributed by atoms with Crippen LogP contribution in [0.1, 0.15) is 43.0 Å². The first-order valence-corrected chi connectivity index (χ1v) is 10.9. The van der Waals surface area contributed by atoms with Gasteiger partial charge in [0.15, 0.2) is 37.9 Å². The van der Waals surface area contributed by atoms with Gasteiger partial charge in [0, 0.05) is 23.3 Å². The number of nitrogens with zero attached hydrogens (tertiary/aromatic N) is 4. The number of aromatic nitrogens is 2. The fourth-order valence-electron chi connectivity index (χ4n) is 3.84. The average molecular weight is 547 g/mol. The van der Waals surface area contributed by atoms with Crippen molar-refractivity contribution in [2.24, 2.45) is 0 Å². The van der Waals surface area contributed by atoms with Gasteiger partial charge in [-0.15, -0.1) is 0 Å². The molecule has 4 rings (SSSR count). The molecule has 0 saturated heterocycles. The maximum absolute atomic E-state index is 11.4. The number of benzene rings is 2. The van der Waals surface area contributed by atoms with Crippen LogP contribution in [-0.4, -0.2) is 22.2 Å². The van der Waals surface area contributed by atoms with Crippen molar-refractivity contribution in [1.82, 2.24) is 0 Å². The summed E-state index contributed by atoms with van der Waals surface area (Å²) in [5.41, 5.74) is 4.17. The summed E-state index contributed by atoms with van der Waals surface area (Å²) >= 11 is 0. The van der Waals surface area contributed by atoms with Gasteiger partial charge in [-0.3, -0.25) is 0 Å². The predicted octanol–water partition coefficient (Wildman–Crippen LogP) is -2.83. The van der Waals surface area contributed by atoms with Crippen LogP contribution in [-0.2, 0) is 13.1 Å². The summed E-state index contributed by atoms with van der Waals surface area (Å²) in [5.74, 6) is -2.28. The van der Waals surface area contributed by atoms with E-state index in [9.17, 15) is 19.8 Å².